The molecule has 2 atom stereocenters. The first-order valence-electron chi connectivity index (χ1n) is 9.53. The molecule has 2 amide bonds. The van der Waals surface area contributed by atoms with Crippen LogP contribution in [0, 0.1) is 5.82 Å². The van der Waals surface area contributed by atoms with Crippen molar-refractivity contribution in [1.82, 2.24) is 10.2 Å². The van der Waals surface area contributed by atoms with E-state index in [0.29, 0.717) is 0 Å². The second-order valence-corrected chi connectivity index (χ2v) is 7.78. The van der Waals surface area contributed by atoms with Gasteiger partial charge in [0.25, 0.3) is 5.91 Å². The lowest BCUT2D eigenvalue weighted by Gasteiger charge is -2.29. The molecule has 0 fully saturated rings. The van der Waals surface area contributed by atoms with Crippen LogP contribution in [0.5, 0.6) is 5.75 Å². The first-order chi connectivity index (χ1) is 13.8. The number of amides is 2. The Bertz CT molecular complexity index is 846. The summed E-state index contributed by atoms with van der Waals surface area (Å²) in [5, 5.41) is 2.90. The van der Waals surface area contributed by atoms with Crippen molar-refractivity contribution in [3.05, 3.63) is 64.4 Å². The molecule has 0 heterocycles. The number of nitrogens with zero attached hydrogens (tertiary/aromatic N) is 1. The zero-order valence-corrected chi connectivity index (χ0v) is 18.4. The first-order valence-corrected chi connectivity index (χ1v) is 10.3. The number of nitrogens with one attached hydrogen (secondary N) is 1. The van der Waals surface area contributed by atoms with E-state index in [1.165, 1.54) is 17.0 Å². The first kappa shape index (κ1) is 22.9. The summed E-state index contributed by atoms with van der Waals surface area (Å²) >= 11 is 3.42. The summed E-state index contributed by atoms with van der Waals surface area (Å²) in [6, 6.07) is 12.7. The molecule has 0 saturated heterocycles. The van der Waals surface area contributed by atoms with E-state index in [2.05, 4.69) is 21.2 Å². The lowest BCUT2D eigenvalue weighted by molar-refractivity contribution is -0.142. The average molecular weight is 465 g/mol. The van der Waals surface area contributed by atoms with Crippen LogP contribution in [-0.4, -0.2) is 35.4 Å². The second kappa shape index (κ2) is 11.0. The zero-order valence-electron chi connectivity index (χ0n) is 16.8. The van der Waals surface area contributed by atoms with E-state index >= 15 is 0 Å². The van der Waals surface area contributed by atoms with Crippen LogP contribution in [0.15, 0.2) is 53.0 Å². The Labute approximate surface area is 179 Å². The van der Waals surface area contributed by atoms with Crippen molar-refractivity contribution in [3.63, 3.8) is 0 Å². The second-order valence-electron chi connectivity index (χ2n) is 6.86. The normalized spacial score (nSPS) is 12.7. The quantitative estimate of drug-likeness (QED) is 0.601. The highest BCUT2D eigenvalue weighted by molar-refractivity contribution is 9.10. The highest BCUT2D eigenvalue weighted by Crippen LogP contribution is 2.18. The van der Waals surface area contributed by atoms with E-state index in [1.54, 1.807) is 19.1 Å². The fraction of sp³-hybridized carbons (Fsp3) is 0.364. The SMILES string of the molecule is CC[C@H](C)NC(=O)[C@@H](C)N(Cc1cccc(Br)c1)C(=O)COc1ccccc1F. The van der Waals surface area contributed by atoms with Gasteiger partial charge in [0.05, 0.1) is 0 Å². The van der Waals surface area contributed by atoms with Crippen LogP contribution in [0.25, 0.3) is 0 Å². The lowest BCUT2D eigenvalue weighted by Crippen LogP contribution is -2.50. The number of carbonyl (C=O) groups excluding carboxylic acids is 2. The predicted octanol–water partition coefficient (Wildman–Crippen LogP) is 4.30. The Kier molecular flexibility index (Phi) is 8.64. The minimum Gasteiger partial charge on any atom is -0.481 e. The van der Waals surface area contributed by atoms with Crippen LogP contribution >= 0.6 is 15.9 Å². The number of benzene rings is 2. The number of halogens is 2. The number of ether oxygens (including phenoxy) is 1. The highest BCUT2D eigenvalue weighted by atomic mass is 79.9. The third-order valence-electron chi connectivity index (χ3n) is 4.60. The molecule has 0 unspecified atom stereocenters. The van der Waals surface area contributed by atoms with Crippen LogP contribution < -0.4 is 10.1 Å². The fourth-order valence-corrected chi connectivity index (χ4v) is 3.11. The van der Waals surface area contributed by atoms with Gasteiger partial charge in [-0.1, -0.05) is 47.1 Å². The van der Waals surface area contributed by atoms with Gasteiger partial charge in [0.1, 0.15) is 6.04 Å². The van der Waals surface area contributed by atoms with Gasteiger partial charge in [-0.3, -0.25) is 9.59 Å². The van der Waals surface area contributed by atoms with E-state index in [1.807, 2.05) is 38.1 Å². The van der Waals surface area contributed by atoms with Crippen LogP contribution in [0.1, 0.15) is 32.8 Å². The number of hydrogen-bond donors (Lipinski definition) is 1. The van der Waals surface area contributed by atoms with E-state index in [4.69, 9.17) is 4.74 Å². The lowest BCUT2D eigenvalue weighted by atomic mass is 10.1. The minimum absolute atomic E-state index is 0.0000321. The van der Waals surface area contributed by atoms with E-state index in [9.17, 15) is 14.0 Å². The summed E-state index contributed by atoms with van der Waals surface area (Å²) in [5.41, 5.74) is 0.863. The number of carbonyl (C=O) groups is 2. The molecule has 7 heteroatoms. The molecule has 2 aromatic rings. The van der Waals surface area contributed by atoms with E-state index < -0.39 is 17.8 Å². The van der Waals surface area contributed by atoms with Gasteiger partial charge in [0.15, 0.2) is 18.2 Å². The largest absolute Gasteiger partial charge is 0.481 e. The summed E-state index contributed by atoms with van der Waals surface area (Å²) in [5.74, 6) is -1.19. The van der Waals surface area contributed by atoms with Crippen LogP contribution in [-0.2, 0) is 16.1 Å². The van der Waals surface area contributed by atoms with E-state index in [-0.39, 0.29) is 30.9 Å². The Morgan fingerprint density at radius 3 is 2.55 bits per heavy atom. The number of hydrogen-bond acceptors (Lipinski definition) is 3. The van der Waals surface area contributed by atoms with Gasteiger partial charge < -0.3 is 15.0 Å². The summed E-state index contributed by atoms with van der Waals surface area (Å²) < 4.78 is 20.0. The molecule has 0 aromatic heterocycles. The van der Waals surface area contributed by atoms with Crippen molar-refractivity contribution in [2.24, 2.45) is 0 Å². The van der Waals surface area contributed by atoms with Crippen molar-refractivity contribution < 1.29 is 18.7 Å². The summed E-state index contributed by atoms with van der Waals surface area (Å²) in [6.07, 6.45) is 0.786. The van der Waals surface area contributed by atoms with Crippen molar-refractivity contribution in [2.75, 3.05) is 6.61 Å². The Hall–Kier alpha value is -2.41. The Morgan fingerprint density at radius 2 is 1.90 bits per heavy atom. The Morgan fingerprint density at radius 1 is 1.17 bits per heavy atom. The van der Waals surface area contributed by atoms with Gasteiger partial charge in [0, 0.05) is 17.1 Å². The molecule has 0 aliphatic heterocycles. The predicted molar refractivity (Wildman–Crippen MR) is 114 cm³/mol. The van der Waals surface area contributed by atoms with Crippen molar-refractivity contribution in [2.45, 2.75) is 45.8 Å². The molecule has 29 heavy (non-hydrogen) atoms. The van der Waals surface area contributed by atoms with Gasteiger partial charge in [-0.15, -0.1) is 0 Å². The zero-order chi connectivity index (χ0) is 21.4. The van der Waals surface area contributed by atoms with Gasteiger partial charge in [-0.05, 0) is 50.1 Å². The average Bonchev–Trinajstić information content (AvgIpc) is 2.70. The monoisotopic (exact) mass is 464 g/mol. The molecule has 0 bridgehead atoms. The van der Waals surface area contributed by atoms with Crippen LogP contribution in [0.3, 0.4) is 0 Å². The standard InChI is InChI=1S/C22H26BrFN2O3/c1-4-15(2)25-22(28)16(3)26(13-17-8-7-9-18(23)12-17)21(27)14-29-20-11-6-5-10-19(20)24/h5-12,15-16H,4,13-14H2,1-3H3,(H,25,28)/t15-,16+/m0/s1. The van der Waals surface area contributed by atoms with Gasteiger partial charge in [0.2, 0.25) is 5.91 Å². The Balaban J connectivity index is 2.17. The van der Waals surface area contributed by atoms with Crippen molar-refractivity contribution in [3.8, 4) is 5.75 Å². The molecule has 1 N–H and O–H groups in total. The van der Waals surface area contributed by atoms with Crippen molar-refractivity contribution >= 4 is 27.7 Å². The molecule has 156 valence electrons. The maximum atomic E-state index is 13.8. The summed E-state index contributed by atoms with van der Waals surface area (Å²) in [6.45, 7) is 5.43. The maximum Gasteiger partial charge on any atom is 0.261 e. The topological polar surface area (TPSA) is 58.6 Å². The smallest absolute Gasteiger partial charge is 0.261 e. The van der Waals surface area contributed by atoms with Crippen LogP contribution in [0.2, 0.25) is 0 Å². The molecule has 0 aliphatic carbocycles. The molecular weight excluding hydrogens is 439 g/mol. The van der Waals surface area contributed by atoms with Gasteiger partial charge in [-0.25, -0.2) is 4.39 Å². The molecule has 5 nitrogen and oxygen atoms in total. The molecule has 2 rings (SSSR count). The van der Waals surface area contributed by atoms with Crippen LogP contribution in [0.4, 0.5) is 4.39 Å². The molecule has 0 spiro atoms. The third kappa shape index (κ3) is 6.85. The third-order valence-corrected chi connectivity index (χ3v) is 5.09. The minimum atomic E-state index is -0.709. The van der Waals surface area contributed by atoms with Gasteiger partial charge >= 0.3 is 0 Å². The van der Waals surface area contributed by atoms with E-state index in [0.717, 1.165) is 16.5 Å². The van der Waals surface area contributed by atoms with Gasteiger partial charge in [-0.2, -0.15) is 0 Å². The molecule has 0 aliphatic rings. The molecular formula is C22H26BrFN2O3. The van der Waals surface area contributed by atoms with Crippen molar-refractivity contribution in [1.29, 1.82) is 0 Å². The number of para-hydroxylation sites is 1. The highest BCUT2D eigenvalue weighted by Gasteiger charge is 2.27. The maximum absolute atomic E-state index is 13.8. The molecule has 0 radical (unpaired) electrons. The number of rotatable bonds is 9. The summed E-state index contributed by atoms with van der Waals surface area (Å²) in [7, 11) is 0. The molecule has 2 aromatic carbocycles. The fourth-order valence-electron chi connectivity index (χ4n) is 2.66. The summed E-state index contributed by atoms with van der Waals surface area (Å²) in [4.78, 5) is 27.0. The molecule has 0 saturated carbocycles.